The van der Waals surface area contributed by atoms with Gasteiger partial charge < -0.3 is 14.8 Å². The smallest absolute Gasteiger partial charge is 0.412 e. The summed E-state index contributed by atoms with van der Waals surface area (Å²) < 4.78 is 9.71. The van der Waals surface area contributed by atoms with Crippen LogP contribution in [0, 0.1) is 0 Å². The number of esters is 1. The van der Waals surface area contributed by atoms with E-state index in [-0.39, 0.29) is 11.9 Å². The average Bonchev–Trinajstić information content (AvgIpc) is 2.52. The summed E-state index contributed by atoms with van der Waals surface area (Å²) in [4.78, 5) is 34.6. The van der Waals surface area contributed by atoms with Gasteiger partial charge in [0.2, 0.25) is 0 Å². The van der Waals surface area contributed by atoms with Crippen molar-refractivity contribution in [1.82, 2.24) is 5.32 Å². The van der Waals surface area contributed by atoms with Crippen molar-refractivity contribution in [2.24, 2.45) is 0 Å². The molecule has 1 aromatic rings. The molecule has 0 radical (unpaired) electrons. The van der Waals surface area contributed by atoms with E-state index in [2.05, 4.69) is 15.4 Å². The molecule has 0 aliphatic heterocycles. The van der Waals surface area contributed by atoms with Crippen LogP contribution < -0.4 is 10.6 Å². The van der Waals surface area contributed by atoms with E-state index in [0.717, 1.165) is 0 Å². The number of anilines is 1. The van der Waals surface area contributed by atoms with E-state index in [9.17, 15) is 14.4 Å². The quantitative estimate of drug-likeness (QED) is 0.582. The van der Waals surface area contributed by atoms with Crippen LogP contribution in [0.1, 0.15) is 50.4 Å². The number of hydrogen-bond donors (Lipinski definition) is 2. The molecule has 0 bridgehead atoms. The molecule has 0 saturated carbocycles. The van der Waals surface area contributed by atoms with Gasteiger partial charge in [0.25, 0.3) is 5.91 Å². The topological polar surface area (TPSA) is 93.7 Å². The van der Waals surface area contributed by atoms with Crippen molar-refractivity contribution in [2.45, 2.75) is 45.6 Å². The van der Waals surface area contributed by atoms with Gasteiger partial charge in [-0.25, -0.2) is 4.79 Å². The monoisotopic (exact) mass is 350 g/mol. The molecule has 0 fully saturated rings. The predicted octanol–water partition coefficient (Wildman–Crippen LogP) is 3.11. The van der Waals surface area contributed by atoms with Gasteiger partial charge in [-0.1, -0.05) is 0 Å². The molecule has 0 saturated heterocycles. The number of benzene rings is 1. The number of rotatable bonds is 7. The summed E-state index contributed by atoms with van der Waals surface area (Å²) in [6.07, 6.45) is 1.15. The fourth-order valence-electron chi connectivity index (χ4n) is 1.93. The molecule has 138 valence electrons. The zero-order valence-corrected chi connectivity index (χ0v) is 15.2. The molecule has 2 N–H and O–H groups in total. The molecule has 1 aromatic carbocycles. The maximum atomic E-state index is 12.0. The van der Waals surface area contributed by atoms with Crippen LogP contribution in [-0.4, -0.2) is 37.2 Å². The van der Waals surface area contributed by atoms with Gasteiger partial charge in [0.1, 0.15) is 5.60 Å². The highest BCUT2D eigenvalue weighted by molar-refractivity contribution is 5.95. The molecule has 0 spiro atoms. The molecule has 0 aliphatic rings. The Labute approximate surface area is 148 Å². The van der Waals surface area contributed by atoms with Crippen LogP contribution in [0.25, 0.3) is 0 Å². The lowest BCUT2D eigenvalue weighted by molar-refractivity contribution is -0.140. The van der Waals surface area contributed by atoms with E-state index in [0.29, 0.717) is 37.1 Å². The number of hydrogen-bond acceptors (Lipinski definition) is 5. The number of ether oxygens (including phenoxy) is 2. The van der Waals surface area contributed by atoms with Gasteiger partial charge >= 0.3 is 12.1 Å². The van der Waals surface area contributed by atoms with Crippen LogP contribution in [0.15, 0.2) is 24.3 Å². The maximum absolute atomic E-state index is 12.0. The number of amides is 2. The fourth-order valence-corrected chi connectivity index (χ4v) is 1.93. The minimum Gasteiger partial charge on any atom is -0.469 e. The van der Waals surface area contributed by atoms with Gasteiger partial charge in [0.15, 0.2) is 0 Å². The largest absolute Gasteiger partial charge is 0.469 e. The molecule has 1 rings (SSSR count). The van der Waals surface area contributed by atoms with Gasteiger partial charge in [-0.3, -0.25) is 14.9 Å². The Hall–Kier alpha value is -2.57. The summed E-state index contributed by atoms with van der Waals surface area (Å²) in [6, 6.07) is 6.51. The Morgan fingerprint density at radius 1 is 1.04 bits per heavy atom. The van der Waals surface area contributed by atoms with E-state index >= 15 is 0 Å². The van der Waals surface area contributed by atoms with Crippen molar-refractivity contribution in [3.05, 3.63) is 29.8 Å². The number of carbonyl (C=O) groups is 3. The summed E-state index contributed by atoms with van der Waals surface area (Å²) in [5, 5.41) is 5.38. The third kappa shape index (κ3) is 8.74. The standard InChI is InChI=1S/C18H26N2O5/c1-18(2,3)25-17(23)20-14-10-8-13(9-11-14)16(22)19-12-6-5-7-15(21)24-4/h8-11H,5-7,12H2,1-4H3,(H,19,22)(H,20,23). The Balaban J connectivity index is 2.38. The van der Waals surface area contributed by atoms with Crippen molar-refractivity contribution in [3.63, 3.8) is 0 Å². The van der Waals surface area contributed by atoms with Crippen LogP contribution >= 0.6 is 0 Å². The van der Waals surface area contributed by atoms with Crippen molar-refractivity contribution in [1.29, 1.82) is 0 Å². The van der Waals surface area contributed by atoms with Gasteiger partial charge in [0, 0.05) is 24.2 Å². The van der Waals surface area contributed by atoms with E-state index in [1.165, 1.54) is 7.11 Å². The lowest BCUT2D eigenvalue weighted by Crippen LogP contribution is -2.27. The summed E-state index contributed by atoms with van der Waals surface area (Å²) in [7, 11) is 1.35. The molecule has 25 heavy (non-hydrogen) atoms. The SMILES string of the molecule is COC(=O)CCCCNC(=O)c1ccc(NC(=O)OC(C)(C)C)cc1. The first-order chi connectivity index (χ1) is 11.7. The van der Waals surface area contributed by atoms with Crippen LogP contribution in [0.3, 0.4) is 0 Å². The van der Waals surface area contributed by atoms with Gasteiger partial charge in [-0.15, -0.1) is 0 Å². The summed E-state index contributed by atoms with van der Waals surface area (Å²) in [5.41, 5.74) is 0.462. The van der Waals surface area contributed by atoms with Gasteiger partial charge in [-0.2, -0.15) is 0 Å². The third-order valence-corrected chi connectivity index (χ3v) is 3.11. The zero-order chi connectivity index (χ0) is 18.9. The van der Waals surface area contributed by atoms with E-state index in [4.69, 9.17) is 4.74 Å². The second-order valence-corrected chi connectivity index (χ2v) is 6.49. The van der Waals surface area contributed by atoms with Crippen molar-refractivity contribution >= 4 is 23.7 Å². The van der Waals surface area contributed by atoms with Crippen LogP contribution in [-0.2, 0) is 14.3 Å². The van der Waals surface area contributed by atoms with E-state index in [1.54, 1.807) is 45.0 Å². The highest BCUT2D eigenvalue weighted by Gasteiger charge is 2.16. The number of unbranched alkanes of at least 4 members (excludes halogenated alkanes) is 1. The third-order valence-electron chi connectivity index (χ3n) is 3.11. The first-order valence-electron chi connectivity index (χ1n) is 8.16. The lowest BCUT2D eigenvalue weighted by atomic mass is 10.2. The molecular weight excluding hydrogens is 324 g/mol. The minimum atomic E-state index is -0.572. The molecule has 0 aliphatic carbocycles. The van der Waals surface area contributed by atoms with E-state index < -0.39 is 11.7 Å². The van der Waals surface area contributed by atoms with Crippen LogP contribution in [0.4, 0.5) is 10.5 Å². The van der Waals surface area contributed by atoms with Crippen molar-refractivity contribution < 1.29 is 23.9 Å². The molecule has 7 heteroatoms. The van der Waals surface area contributed by atoms with Crippen molar-refractivity contribution in [2.75, 3.05) is 19.0 Å². The Morgan fingerprint density at radius 3 is 2.24 bits per heavy atom. The summed E-state index contributed by atoms with van der Waals surface area (Å²) in [5.74, 6) is -0.457. The molecule has 0 unspecified atom stereocenters. The number of nitrogens with one attached hydrogen (secondary N) is 2. The first kappa shape index (κ1) is 20.5. The summed E-state index contributed by atoms with van der Waals surface area (Å²) >= 11 is 0. The van der Waals surface area contributed by atoms with Gasteiger partial charge in [0.05, 0.1) is 7.11 Å². The second-order valence-electron chi connectivity index (χ2n) is 6.49. The Bertz CT molecular complexity index is 590. The molecule has 0 atom stereocenters. The molecule has 2 amide bonds. The number of carbonyl (C=O) groups excluding carboxylic acids is 3. The molecule has 7 nitrogen and oxygen atoms in total. The minimum absolute atomic E-state index is 0.207. The highest BCUT2D eigenvalue weighted by atomic mass is 16.6. The molecule has 0 heterocycles. The normalized spacial score (nSPS) is 10.7. The summed E-state index contributed by atoms with van der Waals surface area (Å²) in [6.45, 7) is 5.83. The zero-order valence-electron chi connectivity index (χ0n) is 15.2. The lowest BCUT2D eigenvalue weighted by Gasteiger charge is -2.19. The van der Waals surface area contributed by atoms with Crippen LogP contribution in [0.5, 0.6) is 0 Å². The maximum Gasteiger partial charge on any atom is 0.412 e. The highest BCUT2D eigenvalue weighted by Crippen LogP contribution is 2.13. The average molecular weight is 350 g/mol. The molecule has 0 aromatic heterocycles. The van der Waals surface area contributed by atoms with Crippen molar-refractivity contribution in [3.8, 4) is 0 Å². The first-order valence-corrected chi connectivity index (χ1v) is 8.16. The molecular formula is C18H26N2O5. The Morgan fingerprint density at radius 2 is 1.68 bits per heavy atom. The number of methoxy groups -OCH3 is 1. The van der Waals surface area contributed by atoms with Gasteiger partial charge in [-0.05, 0) is 57.9 Å². The Kier molecular flexibility index (Phi) is 7.91. The fraction of sp³-hybridized carbons (Fsp3) is 0.500. The second kappa shape index (κ2) is 9.66. The van der Waals surface area contributed by atoms with E-state index in [1.807, 2.05) is 0 Å². The van der Waals surface area contributed by atoms with Crippen LogP contribution in [0.2, 0.25) is 0 Å². The predicted molar refractivity (Wildman–Crippen MR) is 94.5 cm³/mol.